The van der Waals surface area contributed by atoms with Crippen LogP contribution in [0.15, 0.2) is 43.0 Å². The molecule has 0 spiro atoms. The maximum absolute atomic E-state index is 9.61. The number of benzene rings is 1. The van der Waals surface area contributed by atoms with Crippen LogP contribution >= 0.6 is 0 Å². The molecular weight excluding hydrogens is 239 g/mol. The summed E-state index contributed by atoms with van der Waals surface area (Å²) in [6.07, 6.45) is 3.45. The number of rotatable bonds is 6. The molecular formula is C12H16OSe. The predicted molar refractivity (Wildman–Crippen MR) is 62.1 cm³/mol. The van der Waals surface area contributed by atoms with Gasteiger partial charge in [0.1, 0.15) is 0 Å². The van der Waals surface area contributed by atoms with Crippen molar-refractivity contribution in [3.63, 3.8) is 0 Å². The van der Waals surface area contributed by atoms with Gasteiger partial charge in [-0.3, -0.25) is 0 Å². The van der Waals surface area contributed by atoms with E-state index in [2.05, 4.69) is 18.7 Å². The Morgan fingerprint density at radius 2 is 2.07 bits per heavy atom. The van der Waals surface area contributed by atoms with Crippen LogP contribution in [0.1, 0.15) is 12.8 Å². The SMILES string of the molecule is C=CCC[C@@H](O)C[Se]c1ccccc1. The van der Waals surface area contributed by atoms with Crippen LogP contribution in [-0.4, -0.2) is 26.2 Å². The van der Waals surface area contributed by atoms with E-state index in [1.54, 1.807) is 0 Å². The Labute approximate surface area is 92.0 Å². The van der Waals surface area contributed by atoms with Gasteiger partial charge >= 0.3 is 91.8 Å². The number of aliphatic hydroxyl groups is 1. The zero-order valence-electron chi connectivity index (χ0n) is 8.23. The van der Waals surface area contributed by atoms with Crippen molar-refractivity contribution in [3.8, 4) is 0 Å². The van der Waals surface area contributed by atoms with Gasteiger partial charge in [0.05, 0.1) is 0 Å². The van der Waals surface area contributed by atoms with Crippen molar-refractivity contribution in [1.29, 1.82) is 0 Å². The molecule has 1 aromatic carbocycles. The fourth-order valence-electron chi connectivity index (χ4n) is 1.10. The molecule has 1 rings (SSSR count). The van der Waals surface area contributed by atoms with Gasteiger partial charge in [-0.15, -0.1) is 0 Å². The molecule has 1 atom stereocenters. The summed E-state index contributed by atoms with van der Waals surface area (Å²) in [5.41, 5.74) is 0. The first-order chi connectivity index (χ1) is 6.83. The van der Waals surface area contributed by atoms with Gasteiger partial charge in [0, 0.05) is 0 Å². The van der Waals surface area contributed by atoms with Gasteiger partial charge in [-0.1, -0.05) is 0 Å². The zero-order chi connectivity index (χ0) is 10.2. The topological polar surface area (TPSA) is 20.2 Å². The molecule has 1 nitrogen and oxygen atoms in total. The van der Waals surface area contributed by atoms with Crippen LogP contribution in [0, 0.1) is 0 Å². The quantitative estimate of drug-likeness (QED) is 0.606. The van der Waals surface area contributed by atoms with E-state index >= 15 is 0 Å². The monoisotopic (exact) mass is 256 g/mol. The summed E-state index contributed by atoms with van der Waals surface area (Å²) in [7, 11) is 0. The molecule has 0 saturated carbocycles. The van der Waals surface area contributed by atoms with Crippen molar-refractivity contribution < 1.29 is 5.11 Å². The second-order valence-electron chi connectivity index (χ2n) is 3.14. The summed E-state index contributed by atoms with van der Waals surface area (Å²) in [6.45, 7) is 3.64. The van der Waals surface area contributed by atoms with E-state index in [1.807, 2.05) is 24.3 Å². The second-order valence-corrected chi connectivity index (χ2v) is 5.44. The molecule has 2 heteroatoms. The molecule has 0 aromatic heterocycles. The Hall–Kier alpha value is -0.561. The third-order valence-electron chi connectivity index (χ3n) is 1.89. The van der Waals surface area contributed by atoms with Gasteiger partial charge in [-0.25, -0.2) is 0 Å². The molecule has 1 N–H and O–H groups in total. The molecule has 0 amide bonds. The molecule has 0 aliphatic heterocycles. The van der Waals surface area contributed by atoms with Crippen molar-refractivity contribution in [1.82, 2.24) is 0 Å². The molecule has 1 aromatic rings. The van der Waals surface area contributed by atoms with E-state index in [0.717, 1.165) is 18.2 Å². The van der Waals surface area contributed by atoms with Gasteiger partial charge in [0.15, 0.2) is 0 Å². The Morgan fingerprint density at radius 3 is 2.71 bits per heavy atom. The van der Waals surface area contributed by atoms with Gasteiger partial charge in [-0.05, 0) is 0 Å². The Bertz CT molecular complexity index is 258. The van der Waals surface area contributed by atoms with E-state index in [-0.39, 0.29) is 6.10 Å². The summed E-state index contributed by atoms with van der Waals surface area (Å²) in [5.74, 6) is 0. The summed E-state index contributed by atoms with van der Waals surface area (Å²) in [6, 6.07) is 10.4. The summed E-state index contributed by atoms with van der Waals surface area (Å²) >= 11 is 0.405. The molecule has 0 heterocycles. The zero-order valence-corrected chi connectivity index (χ0v) is 9.94. The standard InChI is InChI=1S/C12H16OSe/c1-2-3-7-11(13)10-14-12-8-5-4-6-9-12/h2,4-6,8-9,11,13H,1,3,7,10H2/t11-/m1/s1. The molecule has 0 aliphatic rings. The molecule has 0 fully saturated rings. The molecule has 0 aliphatic carbocycles. The first-order valence-corrected chi connectivity index (χ1v) is 6.86. The Kier molecular flexibility index (Phi) is 5.62. The molecule has 0 saturated heterocycles. The second kappa shape index (κ2) is 6.83. The van der Waals surface area contributed by atoms with Gasteiger partial charge in [-0.2, -0.15) is 0 Å². The summed E-state index contributed by atoms with van der Waals surface area (Å²) in [4.78, 5) is 0. The first-order valence-electron chi connectivity index (χ1n) is 4.79. The van der Waals surface area contributed by atoms with Crippen LogP contribution in [-0.2, 0) is 0 Å². The third-order valence-corrected chi connectivity index (χ3v) is 4.32. The number of allylic oxidation sites excluding steroid dienone is 1. The predicted octanol–water partition coefficient (Wildman–Crippen LogP) is 1.76. The van der Waals surface area contributed by atoms with Crippen LogP contribution in [0.4, 0.5) is 0 Å². The molecule has 14 heavy (non-hydrogen) atoms. The molecule has 0 bridgehead atoms. The minimum absolute atomic E-state index is 0.159. The van der Waals surface area contributed by atoms with E-state index in [1.165, 1.54) is 4.46 Å². The molecule has 76 valence electrons. The molecule has 0 unspecified atom stereocenters. The summed E-state index contributed by atoms with van der Waals surface area (Å²) in [5, 5.41) is 10.5. The number of hydrogen-bond acceptors (Lipinski definition) is 1. The fraction of sp³-hybridized carbons (Fsp3) is 0.333. The third kappa shape index (κ3) is 4.61. The Morgan fingerprint density at radius 1 is 1.36 bits per heavy atom. The van der Waals surface area contributed by atoms with Crippen LogP contribution in [0.5, 0.6) is 0 Å². The van der Waals surface area contributed by atoms with Crippen molar-refractivity contribution in [2.45, 2.75) is 24.3 Å². The average Bonchev–Trinajstić information content (AvgIpc) is 2.25. The van der Waals surface area contributed by atoms with E-state index in [9.17, 15) is 5.11 Å². The van der Waals surface area contributed by atoms with Gasteiger partial charge < -0.3 is 0 Å². The fourth-order valence-corrected chi connectivity index (χ4v) is 2.99. The van der Waals surface area contributed by atoms with Crippen LogP contribution in [0.2, 0.25) is 5.32 Å². The Balaban J connectivity index is 2.23. The van der Waals surface area contributed by atoms with Crippen LogP contribution in [0.25, 0.3) is 0 Å². The van der Waals surface area contributed by atoms with Crippen molar-refractivity contribution in [2.75, 3.05) is 0 Å². The van der Waals surface area contributed by atoms with Crippen LogP contribution < -0.4 is 4.46 Å². The van der Waals surface area contributed by atoms with Gasteiger partial charge in [0.2, 0.25) is 0 Å². The van der Waals surface area contributed by atoms with Crippen molar-refractivity contribution in [3.05, 3.63) is 43.0 Å². The normalized spacial score (nSPS) is 12.4. The maximum atomic E-state index is 9.61. The number of aliphatic hydroxyl groups excluding tert-OH is 1. The van der Waals surface area contributed by atoms with Crippen molar-refractivity contribution in [2.24, 2.45) is 0 Å². The summed E-state index contributed by atoms with van der Waals surface area (Å²) < 4.78 is 1.36. The first kappa shape index (κ1) is 11.5. The minimum atomic E-state index is -0.159. The van der Waals surface area contributed by atoms with E-state index in [4.69, 9.17) is 0 Å². The van der Waals surface area contributed by atoms with E-state index in [0.29, 0.717) is 15.0 Å². The van der Waals surface area contributed by atoms with Gasteiger partial charge in [0.25, 0.3) is 0 Å². The van der Waals surface area contributed by atoms with E-state index < -0.39 is 0 Å². The number of hydrogen-bond donors (Lipinski definition) is 1. The average molecular weight is 255 g/mol. The molecule has 0 radical (unpaired) electrons. The van der Waals surface area contributed by atoms with Crippen molar-refractivity contribution >= 4 is 19.4 Å². The van der Waals surface area contributed by atoms with Crippen LogP contribution in [0.3, 0.4) is 0 Å².